The van der Waals surface area contributed by atoms with Gasteiger partial charge < -0.3 is 0 Å². The molecule has 19 nitrogen and oxygen atoms in total. The molecule has 12 rings (SSSR count). The molecule has 0 aliphatic rings. The van der Waals surface area contributed by atoms with Crippen molar-refractivity contribution in [3.8, 4) is 0 Å². The van der Waals surface area contributed by atoms with Crippen LogP contribution in [0.1, 0.15) is 237 Å². The number of H-pyrrole nitrogens is 19. The zero-order chi connectivity index (χ0) is 104. The largest absolute Gasteiger partial charge is 0.460 e. The summed E-state index contributed by atoms with van der Waals surface area (Å²) in [6.45, 7) is 81.5. The highest BCUT2D eigenvalue weighted by molar-refractivity contribution is 5.34. The van der Waals surface area contributed by atoms with Crippen LogP contribution in [0.25, 0.3) is 0 Å². The second kappa shape index (κ2) is 49.7. The SMILES string of the molecule is [3H][n+]1c(C)c(C)[n+]([3H])c(C)c1C.[3H][n+]1c(C)c(C)c(C)[n+]([3H])c1C.[3H][n+]1c(C)c(C)c(C)c(C)c1C.[3H][n+]1c(C)cc(C)c(C)c1C.[3H][n+]1c(C)cc(C)c(C)c1C.[3H][n+]1c[n+]([3H])c(C)c(C)c1C.[3H][n+]1cc(C)[n+]([3H])c(C)c1C.[3H][n+]1cc(C)c(C)[n+]([3H])c1.[3H][n+]1cc(C)c(C)[n+]([3H])c1C.[3H][n+]1cc(C)c(C)c(C)c1C.[3H][n+]1cc(C)c(C)c(C)c1C.[3H][n+]1cc[n+]([3H])c(C)c1C. The van der Waals surface area contributed by atoms with E-state index in [9.17, 15) is 0 Å². The lowest BCUT2D eigenvalue weighted by molar-refractivity contribution is -0.554. The van der Waals surface area contributed by atoms with Crippen LogP contribution in [0.15, 0.2) is 68.2 Å². The molecule has 0 spiro atoms. The van der Waals surface area contributed by atoms with E-state index in [1.54, 1.807) is 32.4 Å². The summed E-state index contributed by atoms with van der Waals surface area (Å²) in [5.41, 5.74) is 40.7. The van der Waals surface area contributed by atoms with Crippen molar-refractivity contribution in [3.05, 3.63) is 305 Å². The van der Waals surface area contributed by atoms with Gasteiger partial charge in [0, 0.05) is 216 Å². The summed E-state index contributed by atoms with van der Waals surface area (Å²) in [5, 5.41) is 0. The van der Waals surface area contributed by atoms with Gasteiger partial charge in [-0.25, -0.2) is 54.7 Å². The van der Waals surface area contributed by atoms with Crippen molar-refractivity contribution in [3.63, 3.8) is 0 Å². The standard InChI is InChI=1S/C10H15N.4C9H13N.2C8H12N2.3C7H10N2.2C6H8N2/c1-6-7(2)9(4)11-10(5)8(6)3;2*1-6-5-10-9(4)8(3)7(6)2;2*1-6-5-7(2)10-9(4)8(6)3;1-5-6(2)10-8(4)7(3)9-5;1-5-6(2)9-8(4)10-7(5)3;1-5-6(2)8-4-9-7(5)3;1-5-4-8-6(2)7(3)9-5;1-5-4-8-7(3)9-6(5)2;1-5-3-7-4-8-6(5)2;1-5-6(2)8-4-3-7-5/h1-5H3;4*5H,1-4H3;2*1-4H3;3*4H,1-3H3;2*3-4H,1-2H3/p+19/i/hT19. The molecule has 0 bridgehead atoms. The Morgan fingerprint density at radius 1 is 0.167 bits per heavy atom. The Morgan fingerprint density at radius 3 is 0.860 bits per heavy atom. The minimum Gasteiger partial charge on any atom is -0.215 e. The average molecular weight is 1600 g/mol. The van der Waals surface area contributed by atoms with E-state index in [2.05, 4.69) is 76.2 Å². The topological polar surface area (TPSA) is 269 Å². The Kier molecular flexibility index (Phi) is 31.5. The van der Waals surface area contributed by atoms with E-state index in [0.29, 0.717) is 11.6 Å². The van der Waals surface area contributed by atoms with E-state index < -0.39 is 0 Å². The molecule has 12 heterocycles. The molecule has 19 heteroatoms. The van der Waals surface area contributed by atoms with Gasteiger partial charge in [-0.15, -0.1) is 0 Å². The Bertz CT molecular complexity index is 4930. The first kappa shape index (κ1) is 72.3. The van der Waals surface area contributed by atoms with Crippen LogP contribution in [0, 0.1) is 291 Å². The van der Waals surface area contributed by atoms with Crippen LogP contribution in [0.3, 0.4) is 0 Å². The van der Waals surface area contributed by atoms with E-state index in [1.807, 2.05) is 225 Å². The highest BCUT2D eigenvalue weighted by Crippen LogP contribution is 2.15. The molecule has 0 unspecified atom stereocenters. The minimum absolute atomic E-state index is 0.605. The van der Waals surface area contributed by atoms with Crippen LogP contribution >= 0.6 is 0 Å². The molecular formula is C95H156N19+19. The number of hydrogen-bond acceptors (Lipinski definition) is 0. The van der Waals surface area contributed by atoms with E-state index in [-0.39, 0.29) is 0 Å². The zero-order valence-electron chi connectivity index (χ0n) is 96.8. The predicted molar refractivity (Wildman–Crippen MR) is 451 cm³/mol. The monoisotopic (exact) mass is 1600 g/mol. The van der Waals surface area contributed by atoms with Gasteiger partial charge in [0.2, 0.25) is 69.8 Å². The fourth-order valence-corrected chi connectivity index (χ4v) is 9.99. The third-order valence-corrected chi connectivity index (χ3v) is 20.6. The van der Waals surface area contributed by atoms with E-state index in [4.69, 9.17) is 26.8 Å². The van der Waals surface area contributed by atoms with Gasteiger partial charge in [0.05, 0.1) is 36.1 Å². The number of pyridine rings is 5. The molecule has 0 aromatic carbocycles. The summed E-state index contributed by atoms with van der Waals surface area (Å²) in [6.07, 6.45) is 14.6. The van der Waals surface area contributed by atoms with Gasteiger partial charge in [-0.05, 0) is 146 Å². The summed E-state index contributed by atoms with van der Waals surface area (Å²) in [6, 6.07) is 4.07. The maximum Gasteiger partial charge on any atom is 0.460 e. The van der Waals surface area contributed by atoms with Crippen LogP contribution in [0.2, 0.25) is 26.8 Å². The molecule has 0 saturated carbocycles. The molecule has 19 N–H and O–H groups in total. The molecular weight excluding hydrogens is 1410 g/mol. The summed E-state index contributed by atoms with van der Waals surface area (Å²) in [7, 11) is 0. The van der Waals surface area contributed by atoms with Crippen molar-refractivity contribution in [1.82, 2.24) is 0 Å². The van der Waals surface area contributed by atoms with Gasteiger partial charge in [0.25, 0.3) is 0 Å². The lowest BCUT2D eigenvalue weighted by Crippen LogP contribution is -2.28. The molecule has 12 aromatic rings. The second-order valence-electron chi connectivity index (χ2n) is 29.5. The van der Waals surface area contributed by atoms with Crippen LogP contribution in [-0.2, 0) is 0 Å². The molecule has 0 fully saturated rings. The van der Waals surface area contributed by atoms with Crippen LogP contribution in [0.4, 0.5) is 0 Å². The Morgan fingerprint density at radius 2 is 0.456 bits per heavy atom. The van der Waals surface area contributed by atoms with Gasteiger partial charge in [-0.2, -0.15) is 39.8 Å². The number of aryl methyl sites for hydroxylation is 9. The highest BCUT2D eigenvalue weighted by atomic mass is 14.9. The lowest BCUT2D eigenvalue weighted by atomic mass is 10.0. The van der Waals surface area contributed by atoms with Gasteiger partial charge in [0.15, 0.2) is 105 Å². The van der Waals surface area contributed by atoms with Gasteiger partial charge >= 0.3 is 51.1 Å². The number of rotatable bonds is 0. The first-order valence-electron chi connectivity index (χ1n) is 47.3. The van der Waals surface area contributed by atoms with Crippen molar-refractivity contribution < 1.29 is 121 Å². The molecule has 114 heavy (non-hydrogen) atoms. The molecule has 0 amide bonds. The molecule has 0 atom stereocenters. The fourth-order valence-electron chi connectivity index (χ4n) is 9.99. The van der Waals surface area contributed by atoms with Crippen LogP contribution in [0.5, 0.6) is 0 Å². The Labute approximate surface area is 714 Å². The molecule has 0 aliphatic carbocycles. The summed E-state index contributed by atoms with van der Waals surface area (Å²) < 4.78 is 142. The Hall–Kier alpha value is -10.7. The smallest absolute Gasteiger partial charge is 0.215 e. The Balaban J connectivity index is 0.000000726. The summed E-state index contributed by atoms with van der Waals surface area (Å²) >= 11 is 0. The maximum absolute atomic E-state index is 7.74. The van der Waals surface area contributed by atoms with Crippen molar-refractivity contribution >= 4 is 0 Å². The minimum atomic E-state index is 0.605. The van der Waals surface area contributed by atoms with E-state index >= 15 is 0 Å². The first-order valence-corrected chi connectivity index (χ1v) is 38.8. The van der Waals surface area contributed by atoms with Crippen molar-refractivity contribution in [2.24, 2.45) is 0 Å². The first-order chi connectivity index (χ1) is 60.9. The maximum atomic E-state index is 7.74. The number of aromatic amines is 19. The van der Waals surface area contributed by atoms with Crippen molar-refractivity contribution in [1.29, 1.82) is 0 Å². The number of nitrogens with one attached hydrogen (secondary N) is 19. The van der Waals surface area contributed by atoms with Crippen molar-refractivity contribution in [2.45, 2.75) is 291 Å². The van der Waals surface area contributed by atoms with Gasteiger partial charge in [0.1, 0.15) is 0 Å². The second-order valence-corrected chi connectivity index (χ2v) is 29.5. The average Bonchev–Trinajstić information content (AvgIpc) is 0.803. The normalized spacial score (nSPS) is 12.2. The van der Waals surface area contributed by atoms with Crippen molar-refractivity contribution in [2.75, 3.05) is 0 Å². The highest BCUT2D eigenvalue weighted by Gasteiger charge is 2.16. The van der Waals surface area contributed by atoms with Crippen LogP contribution < -0.4 is 94.6 Å². The molecule has 0 saturated heterocycles. The fraction of sp³-hybridized carbons (Fsp3) is 0.442. The van der Waals surface area contributed by atoms with Gasteiger partial charge in [-0.1, -0.05) is 0 Å². The van der Waals surface area contributed by atoms with E-state index in [1.165, 1.54) is 187 Å². The third kappa shape index (κ3) is 35.6. The molecule has 0 radical (unpaired) electrons. The summed E-state index contributed by atoms with van der Waals surface area (Å²) in [4.78, 5) is 24.9. The van der Waals surface area contributed by atoms with E-state index in [0.717, 1.165) is 158 Å². The van der Waals surface area contributed by atoms with Crippen LogP contribution in [-0.4, -0.2) is 0 Å². The quantitative estimate of drug-likeness (QED) is 0.137. The number of hydrogen-bond donors (Lipinski definition) is 0. The molecule has 0 aliphatic heterocycles. The van der Waals surface area contributed by atoms with Gasteiger partial charge in [-0.3, -0.25) is 0 Å². The number of aromatic nitrogens is 19. The lowest BCUT2D eigenvalue weighted by Gasteiger charge is -2.03. The zero-order valence-corrected chi connectivity index (χ0v) is 77.8. The predicted octanol–water partition coefficient (Wildman–Crippen LogP) is 10.7. The third-order valence-electron chi connectivity index (χ3n) is 20.6. The molecule has 612 valence electrons. The molecule has 12 aromatic heterocycles. The summed E-state index contributed by atoms with van der Waals surface area (Å²) in [5.74, 6) is 1.23.